The van der Waals surface area contributed by atoms with Crippen molar-refractivity contribution in [3.63, 3.8) is 0 Å². The van der Waals surface area contributed by atoms with Crippen LogP contribution in [0.1, 0.15) is 46.0 Å². The molecule has 0 heterocycles. The quantitative estimate of drug-likeness (QED) is 0.340. The van der Waals surface area contributed by atoms with Crippen LogP contribution in [0.25, 0.3) is 0 Å². The molecular weight excluding hydrogens is 176 g/mol. The number of ether oxygens (including phenoxy) is 1. The zero-order valence-electron chi connectivity index (χ0n) is 9.42. The molecular formula is C12H22O2. The molecule has 0 spiro atoms. The Bertz CT molecular complexity index is 164. The van der Waals surface area contributed by atoms with Gasteiger partial charge in [0.2, 0.25) is 0 Å². The molecule has 0 saturated heterocycles. The maximum atomic E-state index is 11.5. The van der Waals surface area contributed by atoms with E-state index in [2.05, 4.69) is 13.5 Å². The molecule has 0 aromatic carbocycles. The lowest BCUT2D eigenvalue weighted by Crippen LogP contribution is -2.17. The summed E-state index contributed by atoms with van der Waals surface area (Å²) in [5.74, 6) is 0.0210. The number of hydrogen-bond acceptors (Lipinski definition) is 2. The minimum atomic E-state index is -0.0391. The SMILES string of the molecule is C=CCCC(CC)C(=O)OCCCC. The fraction of sp³-hybridized carbons (Fsp3) is 0.750. The van der Waals surface area contributed by atoms with Crippen molar-refractivity contribution < 1.29 is 9.53 Å². The number of unbranched alkanes of at least 4 members (excludes halogenated alkanes) is 1. The van der Waals surface area contributed by atoms with Crippen LogP contribution in [-0.2, 0) is 9.53 Å². The molecule has 2 nitrogen and oxygen atoms in total. The Morgan fingerprint density at radius 2 is 2.21 bits per heavy atom. The Morgan fingerprint density at radius 1 is 1.50 bits per heavy atom. The van der Waals surface area contributed by atoms with Gasteiger partial charge in [0.05, 0.1) is 12.5 Å². The van der Waals surface area contributed by atoms with Gasteiger partial charge in [-0.25, -0.2) is 0 Å². The molecule has 0 saturated carbocycles. The highest BCUT2D eigenvalue weighted by atomic mass is 16.5. The van der Waals surface area contributed by atoms with Gasteiger partial charge in [-0.1, -0.05) is 26.3 Å². The third-order valence-corrected chi connectivity index (χ3v) is 2.29. The van der Waals surface area contributed by atoms with Gasteiger partial charge in [0, 0.05) is 0 Å². The van der Waals surface area contributed by atoms with Crippen molar-refractivity contribution in [3.05, 3.63) is 12.7 Å². The van der Waals surface area contributed by atoms with Crippen LogP contribution in [-0.4, -0.2) is 12.6 Å². The second-order valence-electron chi connectivity index (χ2n) is 3.49. The zero-order chi connectivity index (χ0) is 10.8. The summed E-state index contributed by atoms with van der Waals surface area (Å²) in [5, 5.41) is 0. The molecule has 14 heavy (non-hydrogen) atoms. The first-order valence-corrected chi connectivity index (χ1v) is 5.53. The first-order chi connectivity index (χ1) is 6.76. The molecule has 0 radical (unpaired) electrons. The normalized spacial score (nSPS) is 12.1. The Labute approximate surface area is 87.3 Å². The molecule has 0 N–H and O–H groups in total. The van der Waals surface area contributed by atoms with Crippen molar-refractivity contribution in [1.29, 1.82) is 0 Å². The molecule has 0 amide bonds. The average molecular weight is 198 g/mol. The summed E-state index contributed by atoms with van der Waals surface area (Å²) in [6, 6.07) is 0. The number of carbonyl (C=O) groups is 1. The summed E-state index contributed by atoms with van der Waals surface area (Å²) in [5.41, 5.74) is 0. The Morgan fingerprint density at radius 3 is 2.71 bits per heavy atom. The Kier molecular flexibility index (Phi) is 8.30. The van der Waals surface area contributed by atoms with E-state index in [1.54, 1.807) is 0 Å². The standard InChI is InChI=1S/C12H22O2/c1-4-7-9-11(6-3)12(13)14-10-8-5-2/h4,11H,1,5-10H2,2-3H3. The van der Waals surface area contributed by atoms with Crippen LogP contribution in [0.4, 0.5) is 0 Å². The van der Waals surface area contributed by atoms with Gasteiger partial charge in [-0.15, -0.1) is 6.58 Å². The molecule has 0 aliphatic rings. The molecule has 0 aliphatic heterocycles. The van der Waals surface area contributed by atoms with Crippen LogP contribution in [0.3, 0.4) is 0 Å². The van der Waals surface area contributed by atoms with Crippen LogP contribution in [0, 0.1) is 5.92 Å². The molecule has 0 aromatic heterocycles. The summed E-state index contributed by atoms with van der Waals surface area (Å²) < 4.78 is 5.16. The van der Waals surface area contributed by atoms with Crippen molar-refractivity contribution in [3.8, 4) is 0 Å². The van der Waals surface area contributed by atoms with Gasteiger partial charge in [-0.05, 0) is 25.7 Å². The van der Waals surface area contributed by atoms with Gasteiger partial charge in [0.1, 0.15) is 0 Å². The van der Waals surface area contributed by atoms with E-state index < -0.39 is 0 Å². The topological polar surface area (TPSA) is 26.3 Å². The molecule has 82 valence electrons. The predicted molar refractivity (Wildman–Crippen MR) is 59.1 cm³/mol. The van der Waals surface area contributed by atoms with Gasteiger partial charge in [-0.2, -0.15) is 0 Å². The van der Waals surface area contributed by atoms with Gasteiger partial charge in [-0.3, -0.25) is 4.79 Å². The summed E-state index contributed by atoms with van der Waals surface area (Å²) >= 11 is 0. The van der Waals surface area contributed by atoms with Gasteiger partial charge < -0.3 is 4.74 Å². The molecule has 0 bridgehead atoms. The fourth-order valence-electron chi connectivity index (χ4n) is 1.24. The maximum Gasteiger partial charge on any atom is 0.308 e. The average Bonchev–Trinajstić information content (AvgIpc) is 2.19. The second kappa shape index (κ2) is 8.79. The monoisotopic (exact) mass is 198 g/mol. The Balaban J connectivity index is 3.73. The highest BCUT2D eigenvalue weighted by Crippen LogP contribution is 2.13. The van der Waals surface area contributed by atoms with Gasteiger partial charge in [0.15, 0.2) is 0 Å². The van der Waals surface area contributed by atoms with E-state index in [4.69, 9.17) is 4.74 Å². The molecule has 0 aromatic rings. The number of esters is 1. The first kappa shape index (κ1) is 13.2. The molecule has 2 heteroatoms. The van der Waals surface area contributed by atoms with Crippen LogP contribution in [0.15, 0.2) is 12.7 Å². The van der Waals surface area contributed by atoms with E-state index in [-0.39, 0.29) is 11.9 Å². The fourth-order valence-corrected chi connectivity index (χ4v) is 1.24. The molecule has 0 rings (SSSR count). The lowest BCUT2D eigenvalue weighted by atomic mass is 10.0. The van der Waals surface area contributed by atoms with Crippen molar-refractivity contribution in [2.75, 3.05) is 6.61 Å². The largest absolute Gasteiger partial charge is 0.465 e. The predicted octanol–water partition coefficient (Wildman–Crippen LogP) is 3.32. The van der Waals surface area contributed by atoms with Crippen molar-refractivity contribution >= 4 is 5.97 Å². The number of carbonyl (C=O) groups excluding carboxylic acids is 1. The van der Waals surface area contributed by atoms with Crippen LogP contribution in [0.2, 0.25) is 0 Å². The highest BCUT2D eigenvalue weighted by molar-refractivity contribution is 5.72. The number of rotatable bonds is 8. The third-order valence-electron chi connectivity index (χ3n) is 2.29. The minimum Gasteiger partial charge on any atom is -0.465 e. The van der Waals surface area contributed by atoms with Gasteiger partial charge in [0.25, 0.3) is 0 Å². The van der Waals surface area contributed by atoms with Crippen molar-refractivity contribution in [2.45, 2.75) is 46.0 Å². The van der Waals surface area contributed by atoms with E-state index in [1.807, 2.05) is 13.0 Å². The van der Waals surface area contributed by atoms with Crippen LogP contribution < -0.4 is 0 Å². The smallest absolute Gasteiger partial charge is 0.308 e. The molecule has 0 fully saturated rings. The van der Waals surface area contributed by atoms with E-state index in [0.29, 0.717) is 6.61 Å². The summed E-state index contributed by atoms with van der Waals surface area (Å²) in [6.07, 6.45) is 6.49. The maximum absolute atomic E-state index is 11.5. The first-order valence-electron chi connectivity index (χ1n) is 5.53. The van der Waals surface area contributed by atoms with Crippen LogP contribution >= 0.6 is 0 Å². The van der Waals surface area contributed by atoms with E-state index in [9.17, 15) is 4.79 Å². The zero-order valence-corrected chi connectivity index (χ0v) is 9.42. The number of allylic oxidation sites excluding steroid dienone is 1. The van der Waals surface area contributed by atoms with E-state index in [0.717, 1.165) is 32.1 Å². The summed E-state index contributed by atoms with van der Waals surface area (Å²) in [6.45, 7) is 8.33. The lowest BCUT2D eigenvalue weighted by Gasteiger charge is -2.12. The van der Waals surface area contributed by atoms with E-state index in [1.165, 1.54) is 0 Å². The number of hydrogen-bond donors (Lipinski definition) is 0. The molecule has 0 aliphatic carbocycles. The van der Waals surface area contributed by atoms with Crippen LogP contribution in [0.5, 0.6) is 0 Å². The van der Waals surface area contributed by atoms with Crippen molar-refractivity contribution in [2.24, 2.45) is 5.92 Å². The van der Waals surface area contributed by atoms with E-state index >= 15 is 0 Å². The minimum absolute atomic E-state index is 0.0391. The molecule has 1 unspecified atom stereocenters. The second-order valence-corrected chi connectivity index (χ2v) is 3.49. The summed E-state index contributed by atoms with van der Waals surface area (Å²) in [7, 11) is 0. The van der Waals surface area contributed by atoms with Crippen molar-refractivity contribution in [1.82, 2.24) is 0 Å². The van der Waals surface area contributed by atoms with Gasteiger partial charge >= 0.3 is 5.97 Å². The lowest BCUT2D eigenvalue weighted by molar-refractivity contribution is -0.149. The summed E-state index contributed by atoms with van der Waals surface area (Å²) in [4.78, 5) is 11.5. The Hall–Kier alpha value is -0.790. The highest BCUT2D eigenvalue weighted by Gasteiger charge is 2.16. The molecule has 1 atom stereocenters. The third kappa shape index (κ3) is 5.79.